The van der Waals surface area contributed by atoms with Gasteiger partial charge in [0.15, 0.2) is 29.1 Å². The molecule has 0 aliphatic rings. The molecule has 12 N–H and O–H groups in total. The topological polar surface area (TPSA) is 498 Å². The van der Waals surface area contributed by atoms with Gasteiger partial charge in [0, 0.05) is 118 Å². The van der Waals surface area contributed by atoms with Gasteiger partial charge in [-0.1, -0.05) is 85.5 Å². The fourth-order valence-electron chi connectivity index (χ4n) is 12.8. The highest BCUT2D eigenvalue weighted by atomic mass is 35.5. The third kappa shape index (κ3) is 24.6. The molecular weight excluding hydrogens is 1680 g/mol. The number of hydrogen-bond acceptors (Lipinski definition) is 24. The van der Waals surface area contributed by atoms with Crippen molar-refractivity contribution in [3.05, 3.63) is 296 Å². The first-order valence-corrected chi connectivity index (χ1v) is 38.5. The van der Waals surface area contributed by atoms with Crippen molar-refractivity contribution in [2.24, 2.45) is 28.7 Å². The van der Waals surface area contributed by atoms with Gasteiger partial charge in [0.1, 0.15) is 42.5 Å². The Kier molecular flexibility index (Phi) is 29.1. The lowest BCUT2D eigenvalue weighted by atomic mass is 10.1. The number of nitrogen functional groups attached to an aromatic ring is 1. The number of carbonyl (C=O) groups excluding carboxylic acids is 5. The van der Waals surface area contributed by atoms with Gasteiger partial charge in [0.2, 0.25) is 11.9 Å². The number of pyridine rings is 2. The molecule has 5 amide bonds. The van der Waals surface area contributed by atoms with Gasteiger partial charge in [-0.05, 0) is 173 Å². The summed E-state index contributed by atoms with van der Waals surface area (Å²) in [4.78, 5) is 102. The van der Waals surface area contributed by atoms with E-state index in [2.05, 4.69) is 110 Å². The summed E-state index contributed by atoms with van der Waals surface area (Å²) in [6.45, 7) is 20.9. The molecule has 0 spiro atoms. The van der Waals surface area contributed by atoms with Crippen molar-refractivity contribution < 1.29 is 50.4 Å². The van der Waals surface area contributed by atoms with Crippen molar-refractivity contribution in [1.82, 2.24) is 109 Å². The zero-order valence-electron chi connectivity index (χ0n) is 70.2. The zero-order valence-corrected chi connectivity index (χ0v) is 71.0. The average Bonchev–Trinajstić information content (AvgIpc) is 1.65. The van der Waals surface area contributed by atoms with Gasteiger partial charge in [0.25, 0.3) is 29.5 Å². The second kappa shape index (κ2) is 40.5. The molecule has 10 aromatic heterocycles. The Morgan fingerprint density at radius 1 is 0.375 bits per heavy atom. The van der Waals surface area contributed by atoms with Crippen LogP contribution >= 0.6 is 11.6 Å². The Morgan fingerprint density at radius 2 is 0.688 bits per heavy atom. The molecule has 40 heteroatoms. The van der Waals surface area contributed by atoms with Crippen LogP contribution in [0, 0.1) is 88.2 Å². The molecule has 5 aromatic carbocycles. The third-order valence-electron chi connectivity index (χ3n) is 18.1. The van der Waals surface area contributed by atoms with Gasteiger partial charge in [-0.3, -0.25) is 24.0 Å². The molecule has 0 aliphatic heterocycles. The maximum atomic E-state index is 13.9. The van der Waals surface area contributed by atoms with Crippen LogP contribution in [0.5, 0.6) is 0 Å². The first kappa shape index (κ1) is 92.0. The van der Waals surface area contributed by atoms with E-state index in [0.29, 0.717) is 62.2 Å². The number of carbonyl (C=O) groups is 5. The second-order valence-corrected chi connectivity index (χ2v) is 29.2. The summed E-state index contributed by atoms with van der Waals surface area (Å²) in [7, 11) is 0. The Hall–Kier alpha value is -16.7. The Balaban J connectivity index is 0.000000155. The van der Waals surface area contributed by atoms with E-state index in [9.17, 15) is 45.9 Å². The molecule has 0 fully saturated rings. The van der Waals surface area contributed by atoms with E-state index < -0.39 is 53.3 Å². The van der Waals surface area contributed by atoms with Gasteiger partial charge >= 0.3 is 12.3 Å². The van der Waals surface area contributed by atoms with Crippen LogP contribution in [-0.2, 0) is 30.1 Å². The van der Waals surface area contributed by atoms with Crippen LogP contribution in [0.1, 0.15) is 94.9 Å². The van der Waals surface area contributed by atoms with Crippen LogP contribution in [0.4, 0.5) is 27.9 Å². The van der Waals surface area contributed by atoms with Gasteiger partial charge in [0.05, 0.1) is 44.7 Å². The van der Waals surface area contributed by atoms with Gasteiger partial charge in [-0.2, -0.15) is 22.0 Å². The largest absolute Gasteiger partial charge is 0.416 e. The third-order valence-corrected chi connectivity index (χ3v) is 18.3. The van der Waals surface area contributed by atoms with Crippen molar-refractivity contribution in [2.45, 2.75) is 82.3 Å². The number of aryl methyl sites for hydroxylation is 11. The highest BCUT2D eigenvalue weighted by Gasteiger charge is 2.32. The van der Waals surface area contributed by atoms with Crippen molar-refractivity contribution in [3.8, 4) is 56.9 Å². The van der Waals surface area contributed by atoms with E-state index in [4.69, 9.17) is 50.5 Å². The lowest BCUT2D eigenvalue weighted by molar-refractivity contribution is -0.137. The van der Waals surface area contributed by atoms with Gasteiger partial charge in [-0.15, -0.1) is 25.5 Å². The number of primary amides is 5. The number of amides is 5. The lowest BCUT2D eigenvalue weighted by Gasteiger charge is -2.09. The fraction of sp³-hybridized carbons (Fsp3) is 0.136. The molecule has 0 radical (unpaired) electrons. The number of rotatable bonds is 20. The summed E-state index contributed by atoms with van der Waals surface area (Å²) in [5.74, 6) is -1.49. The van der Waals surface area contributed by atoms with Gasteiger partial charge in [-0.25, -0.2) is 78.2 Å². The maximum Gasteiger partial charge on any atom is 0.416 e. The van der Waals surface area contributed by atoms with Crippen LogP contribution < -0.4 is 34.4 Å². The van der Waals surface area contributed by atoms with Crippen LogP contribution in [0.15, 0.2) is 189 Å². The number of anilines is 1. The molecule has 0 saturated carbocycles. The molecule has 15 aromatic rings. The maximum absolute atomic E-state index is 13.9. The minimum atomic E-state index is -4.48. The number of halogens is 6. The number of hydrogen-bond donors (Lipinski definition) is 6. The number of nitrogens with zero attached hydrogens (tertiary/aromatic N) is 22. The monoisotopic (exact) mass is 1750 g/mol. The first-order chi connectivity index (χ1) is 60.7. The summed E-state index contributed by atoms with van der Waals surface area (Å²) in [5, 5.41) is 25.7. The molecule has 34 nitrogen and oxygen atoms in total. The van der Waals surface area contributed by atoms with Crippen LogP contribution in [0.3, 0.4) is 0 Å². The van der Waals surface area contributed by atoms with E-state index in [1.54, 1.807) is 39.0 Å². The van der Waals surface area contributed by atoms with Crippen molar-refractivity contribution in [1.29, 1.82) is 0 Å². The molecule has 0 aliphatic carbocycles. The van der Waals surface area contributed by atoms with E-state index >= 15 is 0 Å². The van der Waals surface area contributed by atoms with Crippen molar-refractivity contribution in [3.63, 3.8) is 0 Å². The SMILES string of the molecule is Cc1cc(-c2ncn(/C=C(/C(N)=O)c3c(C)noc3C)n2)cc(C(F)(F)F)c1.Cc1cc(C)cc(-c2ncn(/C=C(/C(N)=O)c3cnc(F)nc3)n2)c1.Cc1cc(C)cc(-c2ncn(/C=C(/C(N)=O)c3cnc(N)nc3)n2)c1.Cc1cc(C)cc(-c2ncn(/C=C(\C(N)=O)c3ccc(Cl)nc3)n2)c1.Cc1cc(C)cc(-c2ncn(/C=C(\C(N)=O)c3cccnc3F)n2)c1. The van der Waals surface area contributed by atoms with Crippen LogP contribution in [0.25, 0.3) is 116 Å². The smallest absolute Gasteiger partial charge is 0.368 e. The molecule has 0 saturated heterocycles. The van der Waals surface area contributed by atoms with E-state index in [1.807, 2.05) is 104 Å². The summed E-state index contributed by atoms with van der Waals surface area (Å²) in [5.41, 5.74) is 47.7. The quantitative estimate of drug-likeness (QED) is 0.0179. The summed E-state index contributed by atoms with van der Waals surface area (Å²) in [6.07, 6.45) is 16.9. The van der Waals surface area contributed by atoms with Crippen LogP contribution in [0.2, 0.25) is 5.15 Å². The number of alkyl halides is 3. The van der Waals surface area contributed by atoms with E-state index in [1.165, 1.54) is 135 Å². The normalized spacial score (nSPS) is 11.7. The Bertz CT molecular complexity index is 6340. The number of nitrogens with two attached hydrogens (primary N) is 6. The first-order valence-electron chi connectivity index (χ1n) is 38.2. The lowest BCUT2D eigenvalue weighted by Crippen LogP contribution is -2.15. The van der Waals surface area contributed by atoms with Crippen molar-refractivity contribution in [2.75, 3.05) is 5.73 Å². The molecule has 0 bridgehead atoms. The Morgan fingerprint density at radius 3 is 1.00 bits per heavy atom. The molecule has 0 unspecified atom stereocenters. The molecule has 650 valence electrons. The average molecular weight is 1760 g/mol. The van der Waals surface area contributed by atoms with E-state index in [0.717, 1.165) is 78.9 Å². The predicted octanol–water partition coefficient (Wildman–Crippen LogP) is 12.4. The molecular formula is C88H80ClF5N28O6. The molecule has 0 atom stereocenters. The fourth-order valence-corrected chi connectivity index (χ4v) is 12.9. The minimum absolute atomic E-state index is 0.0125. The summed E-state index contributed by atoms with van der Waals surface area (Å²) < 4.78 is 77.7. The summed E-state index contributed by atoms with van der Waals surface area (Å²) in [6, 6.07) is 33.9. The second-order valence-electron chi connectivity index (χ2n) is 28.8. The zero-order chi connectivity index (χ0) is 92.5. The number of benzene rings is 5. The molecule has 15 rings (SSSR count). The number of aromatic nitrogens is 22. The Labute approximate surface area is 731 Å². The van der Waals surface area contributed by atoms with Crippen LogP contribution in [-0.4, -0.2) is 138 Å². The highest BCUT2D eigenvalue weighted by molar-refractivity contribution is 6.29. The van der Waals surface area contributed by atoms with Gasteiger partial charge < -0.3 is 38.9 Å². The molecule has 128 heavy (non-hydrogen) atoms. The highest BCUT2D eigenvalue weighted by Crippen LogP contribution is 2.34. The molecule has 10 heterocycles. The summed E-state index contributed by atoms with van der Waals surface area (Å²) >= 11 is 5.78. The van der Waals surface area contributed by atoms with E-state index in [-0.39, 0.29) is 56.3 Å². The van der Waals surface area contributed by atoms with Crippen molar-refractivity contribution >= 4 is 106 Å². The standard InChI is InChI=1S/C18H16ClN5O.C18H16F3N5O2.C18H16FN5O.C17H15FN6O.C17H17N7O/c1-11-5-12(2)7-14(6-11)18-22-10-24(23-18)9-15(17(20)25)13-3-4-16(19)21-8-13;1-9-4-12(6-13(5-9)18(19,20)21)17-23-8-26(24-17)7-14(16(22)27)15-10(2)25-28-11(15)3;1-11-6-12(2)8-13(7-11)18-22-10-24(23-18)9-15(17(20)25)14-4-3-5-21-16(14)19;1-10-3-11(2)5-12(4-10)16-22-9-24(23-16)8-14(15(19)25)13-6-20-17(18)21-7-13;1-10-3-11(2)5-12(4-10)16-22-9-24(23-16)8-14(15(18)25)13-6-20-17(19)21-7-13/h3-10H,1-2H3,(H2,20,25);4-8H,1-3H3,(H2,22,27);3-10H,1-2H3,(H2,20,25);3-9H,1-2H3,(H2,19,25);3-9H,1-2H3,(H2,18,25)(H2,19,20,21)/b15-9-;14-7+;15-9-;2*14-8+. The predicted molar refractivity (Wildman–Crippen MR) is 470 cm³/mol. The minimum Gasteiger partial charge on any atom is -0.368 e.